The molecule has 5 rings (SSSR count). The van der Waals surface area contributed by atoms with Crippen molar-refractivity contribution in [2.75, 3.05) is 5.32 Å². The first kappa shape index (κ1) is 16.1. The lowest BCUT2D eigenvalue weighted by molar-refractivity contribution is 0.627. The third-order valence-electron chi connectivity index (χ3n) is 5.31. The van der Waals surface area contributed by atoms with E-state index in [0.717, 1.165) is 29.3 Å². The topological polar surface area (TPSA) is 62.7 Å². The highest BCUT2D eigenvalue weighted by atomic mass is 19.1. The van der Waals surface area contributed by atoms with Crippen LogP contribution in [-0.4, -0.2) is 20.8 Å². The maximum atomic E-state index is 13.3. The van der Waals surface area contributed by atoms with Gasteiger partial charge in [0.1, 0.15) is 17.0 Å². The molecule has 0 atom stereocenters. The Kier molecular flexibility index (Phi) is 3.70. The molecule has 0 amide bonds. The normalized spacial score (nSPS) is 15.0. The van der Waals surface area contributed by atoms with Crippen molar-refractivity contribution >= 4 is 27.6 Å². The molecule has 2 aromatic heterocycles. The second-order valence-corrected chi connectivity index (χ2v) is 7.08. The number of fused-ring (bicyclic) bond motifs is 3. The molecule has 0 bridgehead atoms. The SMILES string of the molecule is O=c1c2c(NC3CCCC3)nc3ccccc3c2[nH]n1-c1ccc(F)cc1. The van der Waals surface area contributed by atoms with Crippen LogP contribution in [0, 0.1) is 5.82 Å². The summed E-state index contributed by atoms with van der Waals surface area (Å²) in [6, 6.07) is 14.0. The summed E-state index contributed by atoms with van der Waals surface area (Å²) in [5.41, 5.74) is 1.98. The lowest BCUT2D eigenvalue weighted by Crippen LogP contribution is -2.19. The molecule has 1 aliphatic carbocycles. The van der Waals surface area contributed by atoms with Crippen LogP contribution in [0.5, 0.6) is 0 Å². The highest BCUT2D eigenvalue weighted by Gasteiger charge is 2.21. The van der Waals surface area contributed by atoms with Gasteiger partial charge in [0.15, 0.2) is 0 Å². The minimum absolute atomic E-state index is 0.185. The molecule has 4 aromatic rings. The predicted molar refractivity (Wildman–Crippen MR) is 105 cm³/mol. The molecule has 5 nitrogen and oxygen atoms in total. The van der Waals surface area contributed by atoms with Crippen molar-refractivity contribution in [1.29, 1.82) is 0 Å². The number of hydrogen-bond acceptors (Lipinski definition) is 3. The number of H-pyrrole nitrogens is 1. The first-order valence-electron chi connectivity index (χ1n) is 9.27. The van der Waals surface area contributed by atoms with Crippen LogP contribution in [0.25, 0.3) is 27.5 Å². The van der Waals surface area contributed by atoms with E-state index in [-0.39, 0.29) is 11.4 Å². The summed E-state index contributed by atoms with van der Waals surface area (Å²) in [5.74, 6) is 0.288. The maximum Gasteiger partial charge on any atom is 0.282 e. The van der Waals surface area contributed by atoms with Gasteiger partial charge in [0.05, 0.1) is 16.7 Å². The Morgan fingerprint density at radius 3 is 2.59 bits per heavy atom. The number of benzene rings is 2. The van der Waals surface area contributed by atoms with Crippen molar-refractivity contribution in [2.45, 2.75) is 31.7 Å². The molecule has 1 aliphatic rings. The van der Waals surface area contributed by atoms with Crippen LogP contribution in [0.2, 0.25) is 0 Å². The van der Waals surface area contributed by atoms with Gasteiger partial charge in [0, 0.05) is 11.4 Å². The van der Waals surface area contributed by atoms with Crippen molar-refractivity contribution in [3.63, 3.8) is 0 Å². The molecular formula is C21H19FN4O. The summed E-state index contributed by atoms with van der Waals surface area (Å²) in [6.45, 7) is 0. The third kappa shape index (κ3) is 2.68. The van der Waals surface area contributed by atoms with E-state index in [4.69, 9.17) is 4.98 Å². The number of nitrogens with zero attached hydrogens (tertiary/aromatic N) is 2. The molecule has 0 aliphatic heterocycles. The van der Waals surface area contributed by atoms with Gasteiger partial charge in [-0.2, -0.15) is 0 Å². The molecule has 2 heterocycles. The zero-order valence-electron chi connectivity index (χ0n) is 14.7. The first-order chi connectivity index (χ1) is 13.2. The Morgan fingerprint density at radius 2 is 1.81 bits per heavy atom. The second-order valence-electron chi connectivity index (χ2n) is 7.08. The lowest BCUT2D eigenvalue weighted by atomic mass is 10.1. The smallest absolute Gasteiger partial charge is 0.282 e. The standard InChI is InChI=1S/C21H19FN4O/c22-13-9-11-15(12-10-13)26-21(27)18-19(25-26)16-7-3-4-8-17(16)24-20(18)23-14-5-1-2-6-14/h3-4,7-12,14,25H,1-2,5-6H2,(H,23,24). The highest BCUT2D eigenvalue weighted by molar-refractivity contribution is 6.07. The molecule has 1 saturated carbocycles. The van der Waals surface area contributed by atoms with Crippen LogP contribution < -0.4 is 10.9 Å². The van der Waals surface area contributed by atoms with Crippen LogP contribution >= 0.6 is 0 Å². The van der Waals surface area contributed by atoms with E-state index < -0.39 is 0 Å². The first-order valence-corrected chi connectivity index (χ1v) is 9.27. The maximum absolute atomic E-state index is 13.3. The van der Waals surface area contributed by atoms with Crippen LogP contribution in [-0.2, 0) is 0 Å². The van der Waals surface area contributed by atoms with Crippen molar-refractivity contribution in [2.24, 2.45) is 0 Å². The number of para-hydroxylation sites is 1. The quantitative estimate of drug-likeness (QED) is 0.569. The summed E-state index contributed by atoms with van der Waals surface area (Å²) in [7, 11) is 0. The Hall–Kier alpha value is -3.15. The number of anilines is 1. The molecule has 0 radical (unpaired) electrons. The summed E-state index contributed by atoms with van der Waals surface area (Å²) in [4.78, 5) is 18.0. The van der Waals surface area contributed by atoms with Crippen LogP contribution in [0.15, 0.2) is 53.3 Å². The van der Waals surface area contributed by atoms with E-state index in [1.54, 1.807) is 12.1 Å². The van der Waals surface area contributed by atoms with Crippen LogP contribution in [0.3, 0.4) is 0 Å². The van der Waals surface area contributed by atoms with E-state index in [1.165, 1.54) is 29.7 Å². The molecule has 0 spiro atoms. The zero-order chi connectivity index (χ0) is 18.4. The molecule has 2 N–H and O–H groups in total. The Labute approximate surface area is 154 Å². The summed E-state index contributed by atoms with van der Waals surface area (Å²) >= 11 is 0. The van der Waals surface area contributed by atoms with Gasteiger partial charge in [-0.25, -0.2) is 14.1 Å². The average molecular weight is 362 g/mol. The number of pyridine rings is 1. The molecule has 1 fully saturated rings. The number of aromatic nitrogens is 3. The second kappa shape index (κ2) is 6.23. The van der Waals surface area contributed by atoms with Gasteiger partial charge in [0.25, 0.3) is 5.56 Å². The fraction of sp³-hybridized carbons (Fsp3) is 0.238. The van der Waals surface area contributed by atoms with E-state index in [2.05, 4.69) is 10.4 Å². The van der Waals surface area contributed by atoms with Crippen molar-refractivity contribution < 1.29 is 4.39 Å². The summed E-state index contributed by atoms with van der Waals surface area (Å²) in [5, 5.41) is 8.13. The van der Waals surface area contributed by atoms with E-state index in [1.807, 2.05) is 24.3 Å². The average Bonchev–Trinajstić information content (AvgIpc) is 3.31. The number of nitrogens with one attached hydrogen (secondary N) is 2. The van der Waals surface area contributed by atoms with Crippen molar-refractivity contribution in [3.05, 3.63) is 64.7 Å². The molecule has 136 valence electrons. The summed E-state index contributed by atoms with van der Waals surface area (Å²) < 4.78 is 14.7. The zero-order valence-corrected chi connectivity index (χ0v) is 14.7. The van der Waals surface area contributed by atoms with Gasteiger partial charge in [-0.05, 0) is 43.2 Å². The van der Waals surface area contributed by atoms with Gasteiger partial charge in [-0.3, -0.25) is 9.89 Å². The molecule has 0 saturated heterocycles. The molecule has 0 unspecified atom stereocenters. The largest absolute Gasteiger partial charge is 0.367 e. The number of halogens is 1. The van der Waals surface area contributed by atoms with E-state index >= 15 is 0 Å². The van der Waals surface area contributed by atoms with E-state index in [0.29, 0.717) is 22.9 Å². The van der Waals surface area contributed by atoms with Gasteiger partial charge in [-0.1, -0.05) is 31.0 Å². The minimum Gasteiger partial charge on any atom is -0.367 e. The number of aromatic amines is 1. The van der Waals surface area contributed by atoms with Crippen molar-refractivity contribution in [3.8, 4) is 5.69 Å². The molecule has 27 heavy (non-hydrogen) atoms. The highest BCUT2D eigenvalue weighted by Crippen LogP contribution is 2.29. The van der Waals surface area contributed by atoms with Crippen LogP contribution in [0.4, 0.5) is 10.2 Å². The third-order valence-corrected chi connectivity index (χ3v) is 5.31. The van der Waals surface area contributed by atoms with Gasteiger partial charge in [0.2, 0.25) is 0 Å². The monoisotopic (exact) mass is 362 g/mol. The van der Waals surface area contributed by atoms with Gasteiger partial charge < -0.3 is 5.32 Å². The fourth-order valence-corrected chi connectivity index (χ4v) is 3.95. The fourth-order valence-electron chi connectivity index (χ4n) is 3.95. The lowest BCUT2D eigenvalue weighted by Gasteiger charge is -2.13. The van der Waals surface area contributed by atoms with E-state index in [9.17, 15) is 9.18 Å². The minimum atomic E-state index is -0.335. The Bertz CT molecular complexity index is 1190. The van der Waals surface area contributed by atoms with Gasteiger partial charge in [-0.15, -0.1) is 0 Å². The molecular weight excluding hydrogens is 343 g/mol. The Balaban J connectivity index is 1.77. The predicted octanol–water partition coefficient (Wildman–Crippen LogP) is 4.36. The summed E-state index contributed by atoms with van der Waals surface area (Å²) in [6.07, 6.45) is 4.57. The number of rotatable bonds is 3. The van der Waals surface area contributed by atoms with Crippen LogP contribution in [0.1, 0.15) is 25.7 Å². The van der Waals surface area contributed by atoms with Crippen molar-refractivity contribution in [1.82, 2.24) is 14.8 Å². The molecule has 6 heteroatoms. The molecule has 2 aromatic carbocycles. The number of hydrogen-bond donors (Lipinski definition) is 2. The van der Waals surface area contributed by atoms with Gasteiger partial charge >= 0.3 is 0 Å². The Morgan fingerprint density at radius 1 is 1.07 bits per heavy atom.